The molecule has 3 rings (SSSR count). The first-order valence-electron chi connectivity index (χ1n) is 7.43. The molecule has 0 aliphatic heterocycles. The fourth-order valence-corrected chi connectivity index (χ4v) is 2.52. The minimum Gasteiger partial charge on any atom is -0.496 e. The zero-order chi connectivity index (χ0) is 20.5. The van der Waals surface area contributed by atoms with Gasteiger partial charge in [0.05, 0.1) is 28.9 Å². The summed E-state index contributed by atoms with van der Waals surface area (Å²) in [5.74, 6) is -0.859. The van der Waals surface area contributed by atoms with E-state index in [1.165, 1.54) is 30.3 Å². The minimum absolute atomic E-state index is 0.0378. The van der Waals surface area contributed by atoms with Crippen molar-refractivity contribution < 1.29 is 22.7 Å². The molecule has 3 aromatic rings. The number of nitrogens with zero attached hydrogens (tertiary/aromatic N) is 4. The smallest absolute Gasteiger partial charge is 0.417 e. The molecule has 9 nitrogen and oxygen atoms in total. The van der Waals surface area contributed by atoms with E-state index in [-0.39, 0.29) is 16.3 Å². The number of hydrogen-bond donors (Lipinski definition) is 2. The van der Waals surface area contributed by atoms with E-state index in [1.54, 1.807) is 0 Å². The van der Waals surface area contributed by atoms with Gasteiger partial charge in [-0.15, -0.1) is 5.10 Å². The van der Waals surface area contributed by atoms with E-state index < -0.39 is 28.9 Å². The number of aromatic nitrogens is 5. The number of carbonyl (C=O) groups is 1. The molecule has 0 aliphatic carbocycles. The van der Waals surface area contributed by atoms with E-state index in [9.17, 15) is 22.8 Å². The lowest BCUT2D eigenvalue weighted by molar-refractivity contribution is -0.137. The Morgan fingerprint density at radius 2 is 2.07 bits per heavy atom. The molecule has 2 heterocycles. The van der Waals surface area contributed by atoms with Crippen molar-refractivity contribution in [2.45, 2.75) is 6.18 Å². The third kappa shape index (κ3) is 3.81. The zero-order valence-corrected chi connectivity index (χ0v) is 14.7. The molecular formula is C15H10ClF3N6O3. The highest BCUT2D eigenvalue weighted by Crippen LogP contribution is 2.31. The van der Waals surface area contributed by atoms with E-state index in [4.69, 9.17) is 16.3 Å². The number of halogens is 4. The number of H-pyrrole nitrogens is 1. The highest BCUT2D eigenvalue weighted by Gasteiger charge is 2.31. The maximum Gasteiger partial charge on any atom is 0.417 e. The zero-order valence-electron chi connectivity index (χ0n) is 13.9. The first-order valence-corrected chi connectivity index (χ1v) is 7.80. The number of alkyl halides is 3. The number of pyridine rings is 1. The maximum atomic E-state index is 12.8. The second-order valence-corrected chi connectivity index (χ2v) is 5.75. The molecule has 146 valence electrons. The summed E-state index contributed by atoms with van der Waals surface area (Å²) in [4.78, 5) is 26.2. The van der Waals surface area contributed by atoms with Crippen LogP contribution in [0.15, 0.2) is 35.5 Å². The lowest BCUT2D eigenvalue weighted by Crippen LogP contribution is -2.22. The largest absolute Gasteiger partial charge is 0.496 e. The van der Waals surface area contributed by atoms with Crippen LogP contribution in [0.4, 0.5) is 18.9 Å². The van der Waals surface area contributed by atoms with Crippen LogP contribution in [0.3, 0.4) is 0 Å². The fourth-order valence-electron chi connectivity index (χ4n) is 2.27. The predicted octanol–water partition coefficient (Wildman–Crippen LogP) is 2.28. The number of carbonyl (C=O) groups excluding carboxylic acids is 1. The van der Waals surface area contributed by atoms with E-state index in [2.05, 4.69) is 20.8 Å². The molecule has 0 atom stereocenters. The van der Waals surface area contributed by atoms with Gasteiger partial charge in [0.1, 0.15) is 17.8 Å². The Kier molecular flexibility index (Phi) is 5.05. The van der Waals surface area contributed by atoms with Gasteiger partial charge in [-0.3, -0.25) is 9.59 Å². The molecule has 0 spiro atoms. The van der Waals surface area contributed by atoms with Gasteiger partial charge < -0.3 is 15.0 Å². The Balaban J connectivity index is 1.97. The van der Waals surface area contributed by atoms with Crippen molar-refractivity contribution in [3.05, 3.63) is 57.2 Å². The number of benzene rings is 1. The van der Waals surface area contributed by atoms with Crippen LogP contribution in [0.2, 0.25) is 5.02 Å². The van der Waals surface area contributed by atoms with E-state index in [0.29, 0.717) is 18.0 Å². The maximum absolute atomic E-state index is 12.8. The summed E-state index contributed by atoms with van der Waals surface area (Å²) < 4.78 is 44.8. The van der Waals surface area contributed by atoms with E-state index in [1.807, 2.05) is 4.98 Å². The molecule has 0 bridgehead atoms. The average molecular weight is 415 g/mol. The van der Waals surface area contributed by atoms with Crippen LogP contribution in [-0.4, -0.2) is 38.2 Å². The number of tetrazole rings is 1. The van der Waals surface area contributed by atoms with Gasteiger partial charge in [-0.25, -0.2) is 0 Å². The van der Waals surface area contributed by atoms with Crippen LogP contribution < -0.4 is 15.6 Å². The number of aromatic amines is 1. The lowest BCUT2D eigenvalue weighted by Gasteiger charge is -2.13. The van der Waals surface area contributed by atoms with E-state index in [0.717, 1.165) is 0 Å². The van der Waals surface area contributed by atoms with Crippen molar-refractivity contribution >= 4 is 23.2 Å². The molecule has 13 heteroatoms. The van der Waals surface area contributed by atoms with Gasteiger partial charge in [0.15, 0.2) is 0 Å². The molecule has 28 heavy (non-hydrogen) atoms. The number of amides is 1. The molecule has 2 aromatic heterocycles. The summed E-state index contributed by atoms with van der Waals surface area (Å²) in [6.07, 6.45) is -2.92. The third-order valence-corrected chi connectivity index (χ3v) is 3.89. The van der Waals surface area contributed by atoms with Crippen molar-refractivity contribution in [3.8, 4) is 11.4 Å². The highest BCUT2D eigenvalue weighted by molar-refractivity contribution is 6.33. The Morgan fingerprint density at radius 3 is 2.68 bits per heavy atom. The predicted molar refractivity (Wildman–Crippen MR) is 90.7 cm³/mol. The first-order chi connectivity index (χ1) is 13.2. The molecule has 0 radical (unpaired) electrons. The van der Waals surface area contributed by atoms with E-state index >= 15 is 0 Å². The van der Waals surface area contributed by atoms with Crippen LogP contribution in [0.1, 0.15) is 15.9 Å². The van der Waals surface area contributed by atoms with Gasteiger partial charge >= 0.3 is 6.18 Å². The average Bonchev–Trinajstić information content (AvgIpc) is 3.16. The van der Waals surface area contributed by atoms with Crippen LogP contribution >= 0.6 is 11.6 Å². The Bertz CT molecular complexity index is 1080. The van der Waals surface area contributed by atoms with Crippen molar-refractivity contribution in [3.63, 3.8) is 0 Å². The van der Waals surface area contributed by atoms with Crippen molar-refractivity contribution in [2.24, 2.45) is 0 Å². The van der Waals surface area contributed by atoms with Crippen molar-refractivity contribution in [1.82, 2.24) is 25.2 Å². The second kappa shape index (κ2) is 7.31. The molecule has 1 aromatic carbocycles. The van der Waals surface area contributed by atoms with Crippen molar-refractivity contribution in [2.75, 3.05) is 12.4 Å². The molecule has 0 fully saturated rings. The summed E-state index contributed by atoms with van der Waals surface area (Å²) in [5, 5.41) is 12.8. The summed E-state index contributed by atoms with van der Waals surface area (Å²) in [5.41, 5.74) is -2.42. The standard InChI is InChI=1S/C15H10ClF3N6O3/c1-28-12-4-11(25-6-21-23-24-25)9(16)3-8(12)13(26)22-10-2-7(15(17,18)19)5-20-14(10)27/h2-6H,1H3,(H,20,27)(H,22,26). The topological polar surface area (TPSA) is 115 Å². The van der Waals surface area contributed by atoms with Crippen molar-refractivity contribution in [1.29, 1.82) is 0 Å². The molecule has 2 N–H and O–H groups in total. The number of hydrogen-bond acceptors (Lipinski definition) is 6. The summed E-state index contributed by atoms with van der Waals surface area (Å²) in [6.45, 7) is 0. The molecular weight excluding hydrogens is 405 g/mol. The molecule has 0 saturated carbocycles. The molecule has 0 aliphatic rings. The Labute approximate surface area is 159 Å². The van der Waals surface area contributed by atoms with Crippen LogP contribution in [-0.2, 0) is 6.18 Å². The molecule has 1 amide bonds. The van der Waals surface area contributed by atoms with Gasteiger partial charge in [-0.05, 0) is 22.6 Å². The number of rotatable bonds is 4. The van der Waals surface area contributed by atoms with Crippen LogP contribution in [0, 0.1) is 0 Å². The third-order valence-electron chi connectivity index (χ3n) is 3.59. The van der Waals surface area contributed by atoms with Gasteiger partial charge in [-0.2, -0.15) is 17.9 Å². The van der Waals surface area contributed by atoms with Crippen LogP contribution in [0.25, 0.3) is 5.69 Å². The van der Waals surface area contributed by atoms with Gasteiger partial charge in [0.25, 0.3) is 11.5 Å². The van der Waals surface area contributed by atoms with Gasteiger partial charge in [0.2, 0.25) is 0 Å². The van der Waals surface area contributed by atoms with Gasteiger partial charge in [0, 0.05) is 12.3 Å². The molecule has 0 saturated heterocycles. The number of ether oxygens (including phenoxy) is 1. The second-order valence-electron chi connectivity index (χ2n) is 5.34. The number of methoxy groups -OCH3 is 1. The first kappa shape index (κ1) is 19.4. The number of nitrogens with one attached hydrogen (secondary N) is 2. The fraction of sp³-hybridized carbons (Fsp3) is 0.133. The monoisotopic (exact) mass is 414 g/mol. The summed E-state index contributed by atoms with van der Waals surface area (Å²) in [7, 11) is 1.28. The number of anilines is 1. The summed E-state index contributed by atoms with van der Waals surface area (Å²) in [6, 6.07) is 3.11. The quantitative estimate of drug-likeness (QED) is 0.677. The van der Waals surface area contributed by atoms with Crippen LogP contribution in [0.5, 0.6) is 5.75 Å². The minimum atomic E-state index is -4.70. The Morgan fingerprint density at radius 1 is 1.32 bits per heavy atom. The highest BCUT2D eigenvalue weighted by atomic mass is 35.5. The Hall–Kier alpha value is -3.41. The lowest BCUT2D eigenvalue weighted by atomic mass is 10.1. The SMILES string of the molecule is COc1cc(-n2cnnn2)c(Cl)cc1C(=O)Nc1cc(C(F)(F)F)c[nH]c1=O. The summed E-state index contributed by atoms with van der Waals surface area (Å²) >= 11 is 6.14. The normalized spacial score (nSPS) is 11.3. The molecule has 0 unspecified atom stereocenters. The van der Waals surface area contributed by atoms with Gasteiger partial charge in [-0.1, -0.05) is 11.6 Å².